The van der Waals surface area contributed by atoms with Crippen molar-refractivity contribution in [2.24, 2.45) is 0 Å². The van der Waals surface area contributed by atoms with Crippen LogP contribution in [0.15, 0.2) is 40.9 Å². The van der Waals surface area contributed by atoms with Gasteiger partial charge in [0.2, 0.25) is 0 Å². The summed E-state index contributed by atoms with van der Waals surface area (Å²) in [4.78, 5) is 12.7. The second-order valence-electron chi connectivity index (χ2n) is 8.56. The number of halogens is 4. The Kier molecular flexibility index (Phi) is 9.28. The summed E-state index contributed by atoms with van der Waals surface area (Å²) in [6, 6.07) is 8.84. The highest BCUT2D eigenvalue weighted by Crippen LogP contribution is 2.31. The van der Waals surface area contributed by atoms with Gasteiger partial charge < -0.3 is 19.0 Å². The molecule has 0 fully saturated rings. The predicted octanol–water partition coefficient (Wildman–Crippen LogP) is 4.82. The van der Waals surface area contributed by atoms with E-state index >= 15 is 0 Å². The SMILES string of the molecule is CCOC(=O)C(Cc1cc(OC)c([Si](C)(C)C)c(OS(=O)(=O)C(F)(F)F)c1)Nc1ccc(Br)cc1. The van der Waals surface area contributed by atoms with Gasteiger partial charge in [-0.25, -0.2) is 4.79 Å². The highest BCUT2D eigenvalue weighted by Gasteiger charge is 2.49. The Balaban J connectivity index is 2.57. The third-order valence-electron chi connectivity index (χ3n) is 4.77. The molecule has 1 N–H and O–H groups in total. The summed E-state index contributed by atoms with van der Waals surface area (Å²) in [6.45, 7) is 7.21. The molecule has 0 bridgehead atoms. The first-order valence-electron chi connectivity index (χ1n) is 10.5. The van der Waals surface area contributed by atoms with Crippen molar-refractivity contribution >= 4 is 51.0 Å². The molecule has 0 aliphatic rings. The number of benzene rings is 2. The van der Waals surface area contributed by atoms with E-state index in [2.05, 4.69) is 25.4 Å². The number of methoxy groups -OCH3 is 1. The summed E-state index contributed by atoms with van der Waals surface area (Å²) >= 11 is 3.33. The van der Waals surface area contributed by atoms with E-state index in [9.17, 15) is 26.4 Å². The average Bonchev–Trinajstić information content (AvgIpc) is 2.72. The molecule has 2 aromatic rings. The summed E-state index contributed by atoms with van der Waals surface area (Å²) < 4.78 is 78.9. The maximum atomic E-state index is 13.1. The van der Waals surface area contributed by atoms with Gasteiger partial charge in [-0.05, 0) is 48.9 Å². The summed E-state index contributed by atoms with van der Waals surface area (Å²) in [6.07, 6.45) is -0.0420. The molecule has 1 unspecified atom stereocenters. The van der Waals surface area contributed by atoms with E-state index in [1.165, 1.54) is 13.2 Å². The normalized spacial score (nSPS) is 13.2. The summed E-state index contributed by atoms with van der Waals surface area (Å²) in [5.41, 5.74) is -4.68. The van der Waals surface area contributed by atoms with Gasteiger partial charge in [0.15, 0.2) is 0 Å². The zero-order valence-corrected chi connectivity index (χ0v) is 23.2. The van der Waals surface area contributed by atoms with Crippen LogP contribution in [0.4, 0.5) is 18.9 Å². The first-order valence-corrected chi connectivity index (χ1v) is 16.2. The summed E-state index contributed by atoms with van der Waals surface area (Å²) in [5, 5.41) is 3.32. The van der Waals surface area contributed by atoms with E-state index in [1.807, 2.05) is 19.6 Å². The molecule has 7 nitrogen and oxygen atoms in total. The minimum Gasteiger partial charge on any atom is -0.497 e. The number of carbonyl (C=O) groups is 1. The Morgan fingerprint density at radius 1 is 1.11 bits per heavy atom. The monoisotopic (exact) mass is 597 g/mol. The third-order valence-corrected chi connectivity index (χ3v) is 8.26. The second-order valence-corrected chi connectivity index (χ2v) is 16.0. The molecule has 13 heteroatoms. The summed E-state index contributed by atoms with van der Waals surface area (Å²) in [7, 11) is -7.06. The highest BCUT2D eigenvalue weighted by molar-refractivity contribution is 9.10. The Bertz CT molecular complexity index is 1150. The van der Waals surface area contributed by atoms with Crippen LogP contribution in [0, 0.1) is 0 Å². The first-order chi connectivity index (χ1) is 16.1. The molecule has 35 heavy (non-hydrogen) atoms. The van der Waals surface area contributed by atoms with Crippen LogP contribution in [0.3, 0.4) is 0 Å². The Labute approximate surface area is 212 Å². The van der Waals surface area contributed by atoms with Crippen molar-refractivity contribution in [2.45, 2.75) is 44.5 Å². The summed E-state index contributed by atoms with van der Waals surface area (Å²) in [5.74, 6) is -0.878. The van der Waals surface area contributed by atoms with Crippen molar-refractivity contribution in [1.82, 2.24) is 0 Å². The van der Waals surface area contributed by atoms with Crippen LogP contribution >= 0.6 is 15.9 Å². The van der Waals surface area contributed by atoms with Crippen LogP contribution < -0.4 is 19.4 Å². The van der Waals surface area contributed by atoms with Gasteiger partial charge in [0, 0.05) is 21.8 Å². The lowest BCUT2D eigenvalue weighted by atomic mass is 10.0. The zero-order valence-electron chi connectivity index (χ0n) is 19.8. The maximum absolute atomic E-state index is 13.1. The van der Waals surface area contributed by atoms with E-state index in [4.69, 9.17) is 9.47 Å². The molecule has 0 saturated carbocycles. The van der Waals surface area contributed by atoms with Crippen LogP contribution in [0.1, 0.15) is 12.5 Å². The number of rotatable bonds is 10. The fourth-order valence-electron chi connectivity index (χ4n) is 3.31. The average molecular weight is 599 g/mol. The van der Waals surface area contributed by atoms with Crippen molar-refractivity contribution in [3.63, 3.8) is 0 Å². The van der Waals surface area contributed by atoms with E-state index in [-0.39, 0.29) is 24.0 Å². The number of esters is 1. The van der Waals surface area contributed by atoms with Gasteiger partial charge in [0.25, 0.3) is 0 Å². The molecular weight excluding hydrogens is 571 g/mol. The fourth-order valence-corrected chi connectivity index (χ4v) is 5.89. The number of ether oxygens (including phenoxy) is 2. The van der Waals surface area contributed by atoms with Crippen molar-refractivity contribution in [1.29, 1.82) is 0 Å². The molecule has 2 rings (SSSR count). The molecule has 1 atom stereocenters. The minimum atomic E-state index is -5.93. The molecule has 0 heterocycles. The Morgan fingerprint density at radius 2 is 1.69 bits per heavy atom. The number of hydrogen-bond donors (Lipinski definition) is 1. The quantitative estimate of drug-likeness (QED) is 0.182. The van der Waals surface area contributed by atoms with Gasteiger partial charge in [-0.2, -0.15) is 21.6 Å². The minimum absolute atomic E-state index is 0.0420. The third kappa shape index (κ3) is 7.61. The van der Waals surface area contributed by atoms with E-state index in [1.54, 1.807) is 37.3 Å². The Morgan fingerprint density at radius 3 is 2.17 bits per heavy atom. The second kappa shape index (κ2) is 11.2. The molecule has 0 saturated heterocycles. The number of alkyl halides is 3. The fraction of sp³-hybridized carbons (Fsp3) is 0.409. The van der Waals surface area contributed by atoms with Crippen molar-refractivity contribution < 1.29 is 40.0 Å². The smallest absolute Gasteiger partial charge is 0.497 e. The lowest BCUT2D eigenvalue weighted by Crippen LogP contribution is -2.41. The molecule has 0 spiro atoms. The van der Waals surface area contributed by atoms with Gasteiger partial charge in [0.05, 0.1) is 21.8 Å². The molecule has 194 valence electrons. The molecule has 0 radical (unpaired) electrons. The number of nitrogens with one attached hydrogen (secondary N) is 1. The number of carbonyl (C=O) groups excluding carboxylic acids is 1. The molecule has 2 aromatic carbocycles. The van der Waals surface area contributed by atoms with Crippen LogP contribution in [0.25, 0.3) is 0 Å². The van der Waals surface area contributed by atoms with Gasteiger partial charge in [-0.1, -0.05) is 35.6 Å². The van der Waals surface area contributed by atoms with Crippen LogP contribution in [-0.4, -0.2) is 47.7 Å². The van der Waals surface area contributed by atoms with E-state index in [0.717, 1.165) is 4.47 Å². The van der Waals surface area contributed by atoms with E-state index < -0.39 is 41.5 Å². The van der Waals surface area contributed by atoms with Gasteiger partial charge in [-0.15, -0.1) is 0 Å². The lowest BCUT2D eigenvalue weighted by Gasteiger charge is -2.25. The predicted molar refractivity (Wildman–Crippen MR) is 133 cm³/mol. The molecular formula is C22H27BrF3NO6SSi. The molecule has 0 aromatic heterocycles. The van der Waals surface area contributed by atoms with Crippen molar-refractivity contribution in [3.05, 3.63) is 46.4 Å². The maximum Gasteiger partial charge on any atom is 0.534 e. The first kappa shape index (κ1) is 29.0. The van der Waals surface area contributed by atoms with Crippen LogP contribution in [-0.2, 0) is 26.1 Å². The zero-order chi connectivity index (χ0) is 26.6. The van der Waals surface area contributed by atoms with Gasteiger partial charge in [-0.3, -0.25) is 0 Å². The van der Waals surface area contributed by atoms with E-state index in [0.29, 0.717) is 11.3 Å². The van der Waals surface area contributed by atoms with Gasteiger partial charge >= 0.3 is 21.6 Å². The molecule has 0 aliphatic heterocycles. The molecule has 0 aliphatic carbocycles. The largest absolute Gasteiger partial charge is 0.534 e. The number of hydrogen-bond acceptors (Lipinski definition) is 7. The topological polar surface area (TPSA) is 90.9 Å². The lowest BCUT2D eigenvalue weighted by molar-refractivity contribution is -0.144. The number of anilines is 1. The van der Waals surface area contributed by atoms with Crippen molar-refractivity contribution in [2.75, 3.05) is 19.0 Å². The standard InChI is InChI=1S/C22H27BrF3NO6SSi/c1-6-32-21(28)17(27-16-9-7-15(23)8-10-16)11-14-12-18(31-2)20(35(3,4)5)19(13-14)33-34(29,30)22(24,25)26/h7-10,12-13,17,27H,6,11H2,1-5H3. The highest BCUT2D eigenvalue weighted by atomic mass is 79.9. The van der Waals surface area contributed by atoms with Crippen LogP contribution in [0.5, 0.6) is 11.5 Å². The van der Waals surface area contributed by atoms with Gasteiger partial charge in [0.1, 0.15) is 17.5 Å². The van der Waals surface area contributed by atoms with Crippen molar-refractivity contribution in [3.8, 4) is 11.5 Å². The Hall–Kier alpha value is -2.25. The van der Waals surface area contributed by atoms with Crippen LogP contribution in [0.2, 0.25) is 19.6 Å². The molecule has 0 amide bonds.